The number of ether oxygens (including phenoxy) is 1. The SMILES string of the molecule is CCCOc1ccc2ccccc2c1/C=C1/SC(=Nc2cccc(C(=O)O)c2)N(C)C1=O. The monoisotopic (exact) mass is 446 g/mol. The number of nitrogens with zero attached hydrogens (tertiary/aromatic N) is 2. The zero-order valence-corrected chi connectivity index (χ0v) is 18.6. The van der Waals surface area contributed by atoms with Crippen LogP contribution < -0.4 is 4.74 Å². The van der Waals surface area contributed by atoms with Crippen LogP contribution in [0.2, 0.25) is 0 Å². The predicted molar refractivity (Wildman–Crippen MR) is 129 cm³/mol. The number of fused-ring (bicyclic) bond motifs is 1. The van der Waals surface area contributed by atoms with E-state index in [1.54, 1.807) is 19.2 Å². The predicted octanol–water partition coefficient (Wildman–Crippen LogP) is 5.56. The zero-order chi connectivity index (χ0) is 22.7. The quantitative estimate of drug-likeness (QED) is 0.502. The second kappa shape index (κ2) is 9.28. The van der Waals surface area contributed by atoms with Crippen LogP contribution in [0.3, 0.4) is 0 Å². The number of carboxylic acid groups (broad SMARTS) is 1. The number of hydrogen-bond donors (Lipinski definition) is 1. The molecular weight excluding hydrogens is 424 g/mol. The summed E-state index contributed by atoms with van der Waals surface area (Å²) in [5, 5.41) is 11.8. The number of aromatic carboxylic acids is 1. The van der Waals surface area contributed by atoms with Gasteiger partial charge >= 0.3 is 5.97 Å². The normalized spacial score (nSPS) is 16.3. The molecule has 4 rings (SSSR count). The number of carbonyl (C=O) groups excluding carboxylic acids is 1. The Morgan fingerprint density at radius 3 is 2.75 bits per heavy atom. The molecule has 7 heteroatoms. The molecule has 1 amide bonds. The first-order valence-corrected chi connectivity index (χ1v) is 11.0. The van der Waals surface area contributed by atoms with E-state index in [1.165, 1.54) is 28.8 Å². The molecule has 6 nitrogen and oxygen atoms in total. The molecule has 1 N–H and O–H groups in total. The average Bonchev–Trinajstić information content (AvgIpc) is 3.06. The highest BCUT2D eigenvalue weighted by Crippen LogP contribution is 2.37. The standard InChI is InChI=1S/C25H22N2O4S/c1-3-13-31-21-12-11-16-7-4-5-10-19(16)20(21)15-22-23(28)27(2)25(32-22)26-18-9-6-8-17(14-18)24(29)30/h4-12,14-15H,3,13H2,1-2H3,(H,29,30)/b22-15+,26-25?. The Hall–Kier alpha value is -3.58. The number of rotatable bonds is 6. The molecule has 0 radical (unpaired) electrons. The van der Waals surface area contributed by atoms with E-state index in [0.717, 1.165) is 28.5 Å². The highest BCUT2D eigenvalue weighted by molar-refractivity contribution is 8.18. The minimum atomic E-state index is -1.02. The fourth-order valence-corrected chi connectivity index (χ4v) is 4.33. The summed E-state index contributed by atoms with van der Waals surface area (Å²) in [5.74, 6) is -0.460. The largest absolute Gasteiger partial charge is 0.493 e. The van der Waals surface area contributed by atoms with Gasteiger partial charge in [0.25, 0.3) is 5.91 Å². The summed E-state index contributed by atoms with van der Waals surface area (Å²) >= 11 is 1.26. The minimum absolute atomic E-state index is 0.146. The van der Waals surface area contributed by atoms with Gasteiger partial charge in [-0.25, -0.2) is 9.79 Å². The number of likely N-dealkylation sites (N-methyl/N-ethyl adjacent to an activating group) is 1. The molecular formula is C25H22N2O4S. The molecule has 0 spiro atoms. The lowest BCUT2D eigenvalue weighted by molar-refractivity contribution is -0.121. The van der Waals surface area contributed by atoms with Crippen molar-refractivity contribution in [3.05, 3.63) is 76.7 Å². The summed E-state index contributed by atoms with van der Waals surface area (Å²) in [6, 6.07) is 18.3. The molecule has 1 heterocycles. The number of amides is 1. The van der Waals surface area contributed by atoms with Crippen molar-refractivity contribution in [2.75, 3.05) is 13.7 Å². The van der Waals surface area contributed by atoms with Crippen LogP contribution in [-0.2, 0) is 4.79 Å². The first-order chi connectivity index (χ1) is 15.5. The van der Waals surface area contributed by atoms with Crippen molar-refractivity contribution >= 4 is 51.3 Å². The third-order valence-electron chi connectivity index (χ3n) is 4.99. The van der Waals surface area contributed by atoms with Gasteiger partial charge in [-0.15, -0.1) is 0 Å². The first kappa shape index (κ1) is 21.6. The van der Waals surface area contributed by atoms with Gasteiger partial charge in [-0.1, -0.05) is 43.3 Å². The van der Waals surface area contributed by atoms with Gasteiger partial charge in [-0.3, -0.25) is 9.69 Å². The van der Waals surface area contributed by atoms with Crippen LogP contribution in [0.25, 0.3) is 16.8 Å². The summed E-state index contributed by atoms with van der Waals surface area (Å²) in [6.07, 6.45) is 2.73. The Morgan fingerprint density at radius 2 is 1.97 bits per heavy atom. The van der Waals surface area contributed by atoms with Crippen molar-refractivity contribution < 1.29 is 19.4 Å². The molecule has 162 valence electrons. The zero-order valence-electron chi connectivity index (χ0n) is 17.7. The van der Waals surface area contributed by atoms with Crippen LogP contribution >= 0.6 is 11.8 Å². The molecule has 3 aromatic rings. The maximum absolute atomic E-state index is 13.0. The van der Waals surface area contributed by atoms with Crippen LogP contribution in [-0.4, -0.2) is 40.7 Å². The fourth-order valence-electron chi connectivity index (χ4n) is 3.36. The van der Waals surface area contributed by atoms with Crippen molar-refractivity contribution in [1.29, 1.82) is 0 Å². The third-order valence-corrected chi connectivity index (χ3v) is 6.05. The van der Waals surface area contributed by atoms with Gasteiger partial charge in [0, 0.05) is 12.6 Å². The van der Waals surface area contributed by atoms with E-state index in [4.69, 9.17) is 4.74 Å². The maximum Gasteiger partial charge on any atom is 0.335 e. The summed E-state index contributed by atoms with van der Waals surface area (Å²) in [6.45, 7) is 2.63. The molecule has 0 aliphatic carbocycles. The van der Waals surface area contributed by atoms with Crippen LogP contribution in [0.5, 0.6) is 5.75 Å². The number of thioether (sulfide) groups is 1. The maximum atomic E-state index is 13.0. The van der Waals surface area contributed by atoms with Crippen molar-refractivity contribution in [2.24, 2.45) is 4.99 Å². The summed E-state index contributed by atoms with van der Waals surface area (Å²) in [5.41, 5.74) is 1.48. The molecule has 0 unspecified atom stereocenters. The summed E-state index contributed by atoms with van der Waals surface area (Å²) in [7, 11) is 1.66. The topological polar surface area (TPSA) is 79.2 Å². The lowest BCUT2D eigenvalue weighted by Crippen LogP contribution is -2.23. The van der Waals surface area contributed by atoms with E-state index < -0.39 is 5.97 Å². The fraction of sp³-hybridized carbons (Fsp3) is 0.160. The number of carboxylic acids is 1. The van der Waals surface area contributed by atoms with E-state index in [-0.39, 0.29) is 11.5 Å². The van der Waals surface area contributed by atoms with Crippen LogP contribution in [0.15, 0.2) is 70.6 Å². The molecule has 1 aliphatic heterocycles. The van der Waals surface area contributed by atoms with Gasteiger partial charge in [0.1, 0.15) is 5.75 Å². The van der Waals surface area contributed by atoms with Crippen molar-refractivity contribution in [3.8, 4) is 5.75 Å². The highest BCUT2D eigenvalue weighted by Gasteiger charge is 2.31. The number of amidine groups is 1. The number of aliphatic imine (C=N–C) groups is 1. The lowest BCUT2D eigenvalue weighted by atomic mass is 10.0. The third kappa shape index (κ3) is 4.38. The molecule has 0 saturated carbocycles. The molecule has 3 aromatic carbocycles. The molecule has 32 heavy (non-hydrogen) atoms. The van der Waals surface area contributed by atoms with Gasteiger partial charge < -0.3 is 9.84 Å². The van der Waals surface area contributed by atoms with E-state index in [1.807, 2.05) is 49.4 Å². The minimum Gasteiger partial charge on any atom is -0.493 e. The molecule has 1 aliphatic rings. The van der Waals surface area contributed by atoms with Gasteiger partial charge in [0.2, 0.25) is 0 Å². The van der Waals surface area contributed by atoms with Crippen molar-refractivity contribution in [2.45, 2.75) is 13.3 Å². The van der Waals surface area contributed by atoms with Crippen LogP contribution in [0.1, 0.15) is 29.3 Å². The summed E-state index contributed by atoms with van der Waals surface area (Å²) in [4.78, 5) is 30.7. The first-order valence-electron chi connectivity index (χ1n) is 10.2. The van der Waals surface area contributed by atoms with E-state index in [2.05, 4.69) is 4.99 Å². The van der Waals surface area contributed by atoms with Gasteiger partial charge in [-0.05, 0) is 59.3 Å². The average molecular weight is 447 g/mol. The van der Waals surface area contributed by atoms with Crippen LogP contribution in [0, 0.1) is 0 Å². The second-order valence-electron chi connectivity index (χ2n) is 7.27. The molecule has 0 atom stereocenters. The number of carbonyl (C=O) groups is 2. The van der Waals surface area contributed by atoms with Crippen LogP contribution in [0.4, 0.5) is 5.69 Å². The molecule has 1 fully saturated rings. The van der Waals surface area contributed by atoms with Crippen molar-refractivity contribution in [3.63, 3.8) is 0 Å². The van der Waals surface area contributed by atoms with Gasteiger partial charge in [0.15, 0.2) is 5.17 Å². The Morgan fingerprint density at radius 1 is 1.16 bits per heavy atom. The number of hydrogen-bond acceptors (Lipinski definition) is 5. The smallest absolute Gasteiger partial charge is 0.335 e. The number of benzene rings is 3. The highest BCUT2D eigenvalue weighted by atomic mass is 32.2. The lowest BCUT2D eigenvalue weighted by Gasteiger charge is -2.12. The Kier molecular flexibility index (Phi) is 6.28. The Balaban J connectivity index is 1.74. The Labute approximate surface area is 190 Å². The second-order valence-corrected chi connectivity index (χ2v) is 8.28. The molecule has 0 bridgehead atoms. The molecule has 0 aromatic heterocycles. The van der Waals surface area contributed by atoms with E-state index in [0.29, 0.717) is 22.4 Å². The van der Waals surface area contributed by atoms with E-state index >= 15 is 0 Å². The summed E-state index contributed by atoms with van der Waals surface area (Å²) < 4.78 is 5.96. The van der Waals surface area contributed by atoms with E-state index in [9.17, 15) is 14.7 Å². The Bertz CT molecular complexity index is 1270. The van der Waals surface area contributed by atoms with Gasteiger partial charge in [-0.2, -0.15) is 0 Å². The van der Waals surface area contributed by atoms with Gasteiger partial charge in [0.05, 0.1) is 22.8 Å². The van der Waals surface area contributed by atoms with Crippen molar-refractivity contribution in [1.82, 2.24) is 4.90 Å². The molecule has 1 saturated heterocycles.